The van der Waals surface area contributed by atoms with Crippen LogP contribution in [0.25, 0.3) is 16.9 Å². The number of thioether (sulfide) groups is 1. The lowest BCUT2D eigenvalue weighted by Crippen LogP contribution is -2.49. The minimum Gasteiger partial charge on any atom is -0.368 e. The summed E-state index contributed by atoms with van der Waals surface area (Å²) in [7, 11) is 0. The van der Waals surface area contributed by atoms with Crippen molar-refractivity contribution in [3.63, 3.8) is 0 Å². The van der Waals surface area contributed by atoms with E-state index >= 15 is 0 Å². The quantitative estimate of drug-likeness (QED) is 0.418. The van der Waals surface area contributed by atoms with E-state index in [1.165, 1.54) is 11.8 Å². The smallest absolute Gasteiger partial charge is 0.233 e. The van der Waals surface area contributed by atoms with Gasteiger partial charge >= 0.3 is 0 Å². The Hall–Kier alpha value is -3.17. The number of halogens is 1. The Kier molecular flexibility index (Phi) is 5.91. The molecule has 0 aliphatic carbocycles. The van der Waals surface area contributed by atoms with E-state index in [0.717, 1.165) is 35.1 Å². The molecule has 0 atom stereocenters. The molecule has 0 spiro atoms. The molecule has 3 aromatic heterocycles. The molecule has 0 radical (unpaired) electrons. The fourth-order valence-corrected chi connectivity index (χ4v) is 4.53. The topological polar surface area (TPSA) is 79.5 Å². The second-order valence-electron chi connectivity index (χ2n) is 7.35. The van der Waals surface area contributed by atoms with Gasteiger partial charge in [0.2, 0.25) is 11.1 Å². The molecule has 8 nitrogen and oxygen atoms in total. The molecule has 0 bridgehead atoms. The van der Waals surface area contributed by atoms with Crippen LogP contribution in [0.2, 0.25) is 5.02 Å². The maximum Gasteiger partial charge on any atom is 0.233 e. The number of anilines is 1. The van der Waals surface area contributed by atoms with Gasteiger partial charge in [0.15, 0.2) is 5.65 Å². The first-order valence-electron chi connectivity index (χ1n) is 10.2. The van der Waals surface area contributed by atoms with Gasteiger partial charge in [0.05, 0.1) is 11.4 Å². The van der Waals surface area contributed by atoms with Crippen LogP contribution in [0.1, 0.15) is 0 Å². The van der Waals surface area contributed by atoms with E-state index in [1.54, 1.807) is 16.9 Å². The highest BCUT2D eigenvalue weighted by Gasteiger charge is 2.22. The van der Waals surface area contributed by atoms with Crippen molar-refractivity contribution < 1.29 is 4.79 Å². The molecule has 1 amide bonds. The molecule has 1 aliphatic heterocycles. The third-order valence-electron chi connectivity index (χ3n) is 5.34. The minimum atomic E-state index is 0.0888. The molecule has 0 unspecified atom stereocenters. The van der Waals surface area contributed by atoms with Crippen molar-refractivity contribution >= 4 is 40.6 Å². The minimum absolute atomic E-state index is 0.0888. The number of fused-ring (bicyclic) bond motifs is 1. The summed E-state index contributed by atoms with van der Waals surface area (Å²) >= 11 is 7.33. The van der Waals surface area contributed by atoms with Gasteiger partial charge in [-0.2, -0.15) is 9.61 Å². The van der Waals surface area contributed by atoms with Crippen molar-refractivity contribution in [1.29, 1.82) is 0 Å². The second-order valence-corrected chi connectivity index (χ2v) is 8.72. The highest BCUT2D eigenvalue weighted by Crippen LogP contribution is 2.22. The third-order valence-corrected chi connectivity index (χ3v) is 6.50. The van der Waals surface area contributed by atoms with Crippen LogP contribution >= 0.6 is 23.4 Å². The number of benzene rings is 1. The summed E-state index contributed by atoms with van der Waals surface area (Å²) < 4.78 is 1.68. The Balaban J connectivity index is 1.21. The molecule has 0 saturated carbocycles. The third kappa shape index (κ3) is 4.39. The van der Waals surface area contributed by atoms with Crippen LogP contribution in [-0.2, 0) is 4.79 Å². The van der Waals surface area contributed by atoms with E-state index in [2.05, 4.69) is 25.2 Å². The maximum absolute atomic E-state index is 12.8. The van der Waals surface area contributed by atoms with Crippen LogP contribution in [-0.4, -0.2) is 67.5 Å². The predicted octanol–water partition coefficient (Wildman–Crippen LogP) is 3.28. The van der Waals surface area contributed by atoms with Crippen LogP contribution < -0.4 is 4.90 Å². The van der Waals surface area contributed by atoms with Gasteiger partial charge in [0.1, 0.15) is 0 Å². The van der Waals surface area contributed by atoms with Crippen molar-refractivity contribution in [1.82, 2.24) is 29.7 Å². The fourth-order valence-electron chi connectivity index (χ4n) is 3.61. The monoisotopic (exact) mass is 465 g/mol. The first-order valence-corrected chi connectivity index (χ1v) is 11.6. The zero-order valence-electron chi connectivity index (χ0n) is 17.1. The zero-order valence-corrected chi connectivity index (χ0v) is 18.7. The van der Waals surface area contributed by atoms with E-state index in [4.69, 9.17) is 11.6 Å². The van der Waals surface area contributed by atoms with Gasteiger partial charge in [0, 0.05) is 54.8 Å². The number of rotatable bonds is 5. The van der Waals surface area contributed by atoms with Crippen LogP contribution in [0, 0.1) is 0 Å². The Morgan fingerprint density at radius 1 is 1.00 bits per heavy atom. The lowest BCUT2D eigenvalue weighted by molar-refractivity contribution is -0.128. The van der Waals surface area contributed by atoms with Crippen LogP contribution in [0.5, 0.6) is 0 Å². The lowest BCUT2D eigenvalue weighted by atomic mass is 10.2. The summed E-state index contributed by atoms with van der Waals surface area (Å²) in [5.41, 5.74) is 3.45. The molecule has 162 valence electrons. The average molecular weight is 466 g/mol. The van der Waals surface area contributed by atoms with Gasteiger partial charge in [0.25, 0.3) is 0 Å². The Labute approximate surface area is 194 Å². The summed E-state index contributed by atoms with van der Waals surface area (Å²) in [5.74, 6) is 0.381. The van der Waals surface area contributed by atoms with Crippen molar-refractivity contribution in [2.45, 2.75) is 5.16 Å². The largest absolute Gasteiger partial charge is 0.368 e. The Morgan fingerprint density at radius 3 is 2.56 bits per heavy atom. The number of nitrogens with zero attached hydrogens (tertiary/aromatic N) is 7. The normalized spacial score (nSPS) is 14.2. The van der Waals surface area contributed by atoms with E-state index in [-0.39, 0.29) is 5.91 Å². The van der Waals surface area contributed by atoms with Crippen molar-refractivity contribution in [2.75, 3.05) is 36.8 Å². The molecule has 4 aromatic rings. The SMILES string of the molecule is O=C(CSc1nnc2ccc(-c3cccnc3)nn12)N1CCN(c2ccc(Cl)cc2)CC1. The Bertz CT molecular complexity index is 1220. The molecular formula is C22H20ClN7OS. The zero-order chi connectivity index (χ0) is 21.9. The van der Waals surface area contributed by atoms with E-state index in [0.29, 0.717) is 29.6 Å². The van der Waals surface area contributed by atoms with E-state index in [9.17, 15) is 4.79 Å². The lowest BCUT2D eigenvalue weighted by Gasteiger charge is -2.36. The standard InChI is InChI=1S/C22H20ClN7OS/c23-17-3-5-18(6-4-17)28-10-12-29(13-11-28)21(31)15-32-22-26-25-20-8-7-19(27-30(20)22)16-2-1-9-24-14-16/h1-9,14H,10-13,15H2. The molecule has 4 heterocycles. The molecule has 5 rings (SSSR count). The molecular weight excluding hydrogens is 446 g/mol. The van der Waals surface area contributed by atoms with Crippen LogP contribution in [0.4, 0.5) is 5.69 Å². The summed E-state index contributed by atoms with van der Waals surface area (Å²) in [4.78, 5) is 21.1. The molecule has 0 N–H and O–H groups in total. The van der Waals surface area contributed by atoms with Crippen LogP contribution in [0.15, 0.2) is 66.1 Å². The fraction of sp³-hybridized carbons (Fsp3) is 0.227. The number of pyridine rings is 1. The summed E-state index contributed by atoms with van der Waals surface area (Å²) in [6.45, 7) is 2.96. The van der Waals surface area contributed by atoms with Crippen molar-refractivity contribution in [3.05, 3.63) is 65.9 Å². The summed E-state index contributed by atoms with van der Waals surface area (Å²) in [5, 5.41) is 14.3. The molecule has 1 saturated heterocycles. The van der Waals surface area contributed by atoms with Crippen LogP contribution in [0.3, 0.4) is 0 Å². The molecule has 1 fully saturated rings. The molecule has 1 aliphatic rings. The first kappa shape index (κ1) is 20.7. The summed E-state index contributed by atoms with van der Waals surface area (Å²) in [6, 6.07) is 15.4. The number of piperazine rings is 1. The maximum atomic E-state index is 12.8. The van der Waals surface area contributed by atoms with Gasteiger partial charge in [-0.25, -0.2) is 0 Å². The second kappa shape index (κ2) is 9.13. The van der Waals surface area contributed by atoms with Gasteiger partial charge in [-0.15, -0.1) is 10.2 Å². The Morgan fingerprint density at radius 2 is 1.81 bits per heavy atom. The summed E-state index contributed by atoms with van der Waals surface area (Å²) in [6.07, 6.45) is 3.49. The molecule has 10 heteroatoms. The van der Waals surface area contributed by atoms with E-state index < -0.39 is 0 Å². The molecule has 32 heavy (non-hydrogen) atoms. The first-order chi connectivity index (χ1) is 15.7. The van der Waals surface area contributed by atoms with Gasteiger partial charge in [-0.05, 0) is 48.5 Å². The number of carbonyl (C=O) groups excluding carboxylic acids is 1. The number of hydrogen-bond donors (Lipinski definition) is 0. The van der Waals surface area contributed by atoms with E-state index in [1.807, 2.05) is 53.4 Å². The number of carbonyl (C=O) groups is 1. The highest BCUT2D eigenvalue weighted by atomic mass is 35.5. The van der Waals surface area contributed by atoms with Gasteiger partial charge in [-0.3, -0.25) is 9.78 Å². The average Bonchev–Trinajstić information content (AvgIpc) is 3.26. The van der Waals surface area contributed by atoms with Gasteiger partial charge in [-0.1, -0.05) is 23.4 Å². The number of hydrogen-bond acceptors (Lipinski definition) is 7. The van der Waals surface area contributed by atoms with Crippen molar-refractivity contribution in [3.8, 4) is 11.3 Å². The van der Waals surface area contributed by atoms with Crippen molar-refractivity contribution in [2.24, 2.45) is 0 Å². The predicted molar refractivity (Wildman–Crippen MR) is 125 cm³/mol. The number of aromatic nitrogens is 5. The highest BCUT2D eigenvalue weighted by molar-refractivity contribution is 7.99. The molecule has 1 aromatic carbocycles. The number of amides is 1. The van der Waals surface area contributed by atoms with Gasteiger partial charge < -0.3 is 9.80 Å².